The predicted octanol–water partition coefficient (Wildman–Crippen LogP) is 5.46. The number of halogens is 2. The van der Waals surface area contributed by atoms with E-state index in [9.17, 15) is 0 Å². The van der Waals surface area contributed by atoms with Crippen LogP contribution in [0.3, 0.4) is 0 Å². The van der Waals surface area contributed by atoms with Gasteiger partial charge in [-0.2, -0.15) is 14.9 Å². The second-order valence-electron chi connectivity index (χ2n) is 4.82. The number of nitrogens with zero attached hydrogens (tertiary/aromatic N) is 3. The third-order valence-corrected chi connectivity index (χ3v) is 3.99. The molecule has 0 bridgehead atoms. The van der Waals surface area contributed by atoms with Crippen molar-refractivity contribution in [3.05, 3.63) is 75.0 Å². The molecule has 0 aliphatic rings. The van der Waals surface area contributed by atoms with Gasteiger partial charge in [0.15, 0.2) is 5.82 Å². The molecule has 1 aromatic heterocycles. The van der Waals surface area contributed by atoms with Gasteiger partial charge in [0.05, 0.1) is 5.02 Å². The molecule has 0 atom stereocenters. The Morgan fingerprint density at radius 2 is 1.92 bits per heavy atom. The lowest BCUT2D eigenvalue weighted by molar-refractivity contribution is 0.872. The Hall–Kier alpha value is -2.21. The fourth-order valence-corrected chi connectivity index (χ4v) is 2.74. The van der Waals surface area contributed by atoms with Crippen molar-refractivity contribution in [1.82, 2.24) is 14.9 Å². The molecule has 24 heavy (non-hydrogen) atoms. The number of nitrogens with one attached hydrogen (secondary N) is 1. The summed E-state index contributed by atoms with van der Waals surface area (Å²) < 4.78 is 1.89. The van der Waals surface area contributed by atoms with E-state index >= 15 is 0 Å². The van der Waals surface area contributed by atoms with Crippen molar-refractivity contribution >= 4 is 47.7 Å². The molecule has 1 heterocycles. The third kappa shape index (κ3) is 3.82. The van der Waals surface area contributed by atoms with Gasteiger partial charge in [0, 0.05) is 16.8 Å². The zero-order chi connectivity index (χ0) is 16.9. The summed E-state index contributed by atoms with van der Waals surface area (Å²) in [6.07, 6.45) is 5.42. The van der Waals surface area contributed by atoms with Gasteiger partial charge in [-0.05, 0) is 42.1 Å². The normalized spacial score (nSPS) is 11.6. The smallest absolute Gasteiger partial charge is 0.216 e. The Morgan fingerprint density at radius 1 is 1.12 bits per heavy atom. The summed E-state index contributed by atoms with van der Waals surface area (Å²) >= 11 is 17.4. The number of rotatable bonds is 4. The molecule has 0 unspecified atom stereocenters. The number of allylic oxidation sites excluding steroid dienone is 1. The molecule has 0 fully saturated rings. The lowest BCUT2D eigenvalue weighted by Gasteiger charge is -2.03. The molecule has 1 N–H and O–H groups in total. The highest BCUT2D eigenvalue weighted by Gasteiger charge is 2.11. The molecule has 0 amide bonds. The molecule has 2 aromatic carbocycles. The first-order valence-electron chi connectivity index (χ1n) is 7.04. The maximum atomic E-state index is 6.24. The van der Waals surface area contributed by atoms with Crippen molar-refractivity contribution in [1.29, 1.82) is 0 Å². The van der Waals surface area contributed by atoms with Crippen LogP contribution in [0.5, 0.6) is 0 Å². The molecule has 0 saturated carbocycles. The summed E-state index contributed by atoms with van der Waals surface area (Å²) in [6, 6.07) is 15.1. The second-order valence-corrected chi connectivity index (χ2v) is 6.05. The topological polar surface area (TPSA) is 46.0 Å². The highest BCUT2D eigenvalue weighted by molar-refractivity contribution is 7.71. The standard InChI is InChI=1S/C17H12Cl2N4S/c18-13-8-9-14(15(19)11-13)16-21-22-17(24)23(16)20-10-4-7-12-5-2-1-3-6-12/h1-11H,(H,22,24)/b7-4+,20-10+. The van der Waals surface area contributed by atoms with E-state index in [1.807, 2.05) is 42.5 Å². The van der Waals surface area contributed by atoms with E-state index in [4.69, 9.17) is 35.4 Å². The Kier molecular flexibility index (Phi) is 5.25. The maximum absolute atomic E-state index is 6.24. The molecule has 4 nitrogen and oxygen atoms in total. The zero-order valence-corrected chi connectivity index (χ0v) is 14.7. The minimum Gasteiger partial charge on any atom is -0.250 e. The van der Waals surface area contributed by atoms with Crippen LogP contribution in [0.25, 0.3) is 17.5 Å². The summed E-state index contributed by atoms with van der Waals surface area (Å²) in [7, 11) is 0. The number of hydrogen-bond donors (Lipinski definition) is 1. The van der Waals surface area contributed by atoms with Gasteiger partial charge in [0.25, 0.3) is 0 Å². The van der Waals surface area contributed by atoms with Crippen LogP contribution in [-0.2, 0) is 0 Å². The highest BCUT2D eigenvalue weighted by atomic mass is 35.5. The van der Waals surface area contributed by atoms with Crippen molar-refractivity contribution < 1.29 is 0 Å². The quantitative estimate of drug-likeness (QED) is 0.486. The molecular formula is C17H12Cl2N4S. The van der Waals surface area contributed by atoms with Gasteiger partial charge in [0.2, 0.25) is 4.77 Å². The van der Waals surface area contributed by atoms with E-state index in [1.54, 1.807) is 24.4 Å². The van der Waals surface area contributed by atoms with Gasteiger partial charge in [-0.15, -0.1) is 0 Å². The van der Waals surface area contributed by atoms with Gasteiger partial charge >= 0.3 is 0 Å². The Labute approximate surface area is 154 Å². The van der Waals surface area contributed by atoms with Crippen molar-refractivity contribution in [2.24, 2.45) is 5.10 Å². The summed E-state index contributed by atoms with van der Waals surface area (Å²) in [5.41, 5.74) is 1.78. The highest BCUT2D eigenvalue weighted by Crippen LogP contribution is 2.29. The van der Waals surface area contributed by atoms with Crippen LogP contribution in [-0.4, -0.2) is 21.1 Å². The Balaban J connectivity index is 1.89. The summed E-state index contributed by atoms with van der Waals surface area (Å²) in [6.45, 7) is 0. The number of H-pyrrole nitrogens is 1. The molecule has 120 valence electrons. The van der Waals surface area contributed by atoms with E-state index in [0.717, 1.165) is 5.56 Å². The third-order valence-electron chi connectivity index (χ3n) is 3.18. The maximum Gasteiger partial charge on any atom is 0.216 e. The van der Waals surface area contributed by atoms with E-state index in [-0.39, 0.29) is 0 Å². The monoisotopic (exact) mass is 374 g/mol. The largest absolute Gasteiger partial charge is 0.250 e. The van der Waals surface area contributed by atoms with Gasteiger partial charge in [-0.1, -0.05) is 59.6 Å². The van der Waals surface area contributed by atoms with Crippen LogP contribution in [0.4, 0.5) is 0 Å². The fourth-order valence-electron chi connectivity index (χ4n) is 2.07. The number of benzene rings is 2. The van der Waals surface area contributed by atoms with E-state index in [1.165, 1.54) is 4.68 Å². The van der Waals surface area contributed by atoms with Crippen molar-refractivity contribution in [2.45, 2.75) is 0 Å². The molecular weight excluding hydrogens is 363 g/mol. The minimum atomic E-state index is 0.375. The van der Waals surface area contributed by atoms with E-state index in [0.29, 0.717) is 26.2 Å². The Morgan fingerprint density at radius 3 is 2.67 bits per heavy atom. The van der Waals surface area contributed by atoms with Gasteiger partial charge in [0.1, 0.15) is 0 Å². The van der Waals surface area contributed by atoms with Crippen molar-refractivity contribution in [3.8, 4) is 11.4 Å². The first kappa shape index (κ1) is 16.6. The summed E-state index contributed by atoms with van der Waals surface area (Å²) in [5, 5.41) is 12.3. The molecule has 0 aliphatic carbocycles. The zero-order valence-electron chi connectivity index (χ0n) is 12.4. The first-order valence-corrected chi connectivity index (χ1v) is 8.20. The fraction of sp³-hybridized carbons (Fsp3) is 0. The van der Waals surface area contributed by atoms with Gasteiger partial charge in [-0.25, -0.2) is 5.10 Å². The summed E-state index contributed by atoms with van der Waals surface area (Å²) in [5.74, 6) is 0.519. The van der Waals surface area contributed by atoms with E-state index < -0.39 is 0 Å². The predicted molar refractivity (Wildman–Crippen MR) is 102 cm³/mol. The minimum absolute atomic E-state index is 0.375. The molecule has 0 radical (unpaired) electrons. The first-order chi connectivity index (χ1) is 11.6. The number of hydrogen-bond acceptors (Lipinski definition) is 3. The SMILES string of the molecule is S=c1[nH]nc(-c2ccc(Cl)cc2Cl)n1/N=C/C=C/c1ccccc1. The molecule has 0 aliphatic heterocycles. The van der Waals surface area contributed by atoms with Crippen LogP contribution < -0.4 is 0 Å². The molecule has 3 rings (SSSR count). The molecule has 3 aromatic rings. The van der Waals surface area contributed by atoms with Crippen molar-refractivity contribution in [2.75, 3.05) is 0 Å². The van der Waals surface area contributed by atoms with Crippen LogP contribution in [0.2, 0.25) is 10.0 Å². The van der Waals surface area contributed by atoms with Crippen molar-refractivity contribution in [3.63, 3.8) is 0 Å². The van der Waals surface area contributed by atoms with Crippen LogP contribution >= 0.6 is 35.4 Å². The van der Waals surface area contributed by atoms with E-state index in [2.05, 4.69) is 15.3 Å². The Bertz CT molecular complexity index is 958. The molecule has 0 saturated heterocycles. The van der Waals surface area contributed by atoms with Crippen LogP contribution in [0.15, 0.2) is 59.7 Å². The lowest BCUT2D eigenvalue weighted by Crippen LogP contribution is -1.94. The average Bonchev–Trinajstić information content (AvgIpc) is 2.93. The molecule has 0 spiro atoms. The lowest BCUT2D eigenvalue weighted by atomic mass is 10.2. The van der Waals surface area contributed by atoms with Gasteiger partial charge < -0.3 is 0 Å². The molecule has 7 heteroatoms. The van der Waals surface area contributed by atoms with Crippen LogP contribution in [0, 0.1) is 4.77 Å². The van der Waals surface area contributed by atoms with Gasteiger partial charge in [-0.3, -0.25) is 0 Å². The number of aromatic amines is 1. The van der Waals surface area contributed by atoms with Crippen LogP contribution in [0.1, 0.15) is 5.56 Å². The number of aromatic nitrogens is 3. The summed E-state index contributed by atoms with van der Waals surface area (Å²) in [4.78, 5) is 0. The average molecular weight is 375 g/mol. The second kappa shape index (κ2) is 7.57.